The molecule has 148 valence electrons. The van der Waals surface area contributed by atoms with Crippen molar-refractivity contribution in [2.24, 2.45) is 5.10 Å². The topological polar surface area (TPSA) is 61.1 Å². The van der Waals surface area contributed by atoms with E-state index in [1.54, 1.807) is 0 Å². The second-order valence-electron chi connectivity index (χ2n) is 6.88. The zero-order valence-corrected chi connectivity index (χ0v) is 16.0. The average molecular weight is 390 g/mol. The van der Waals surface area contributed by atoms with Gasteiger partial charge in [-0.3, -0.25) is 5.01 Å². The monoisotopic (exact) mass is 390 g/mol. The largest absolute Gasteiger partial charge is 0.486 e. The Morgan fingerprint density at radius 3 is 2.52 bits per heavy atom. The molecule has 3 heterocycles. The number of hydrogen-bond donors (Lipinski definition) is 0. The van der Waals surface area contributed by atoms with Gasteiger partial charge in [-0.25, -0.2) is 4.68 Å². The van der Waals surface area contributed by atoms with Crippen molar-refractivity contribution in [1.82, 2.24) is 14.8 Å². The molecule has 1 saturated heterocycles. The standard InChI is InChI=1S/C22H22N4O3/c1-2-4-19(5-3-1)26-16-18(15-23-25-8-10-27-11-9-25)22(24-26)17-6-7-20-21(14-17)29-13-12-28-20/h1-7,14-16H,8-13H2. The van der Waals surface area contributed by atoms with E-state index in [4.69, 9.17) is 19.3 Å². The second kappa shape index (κ2) is 7.97. The molecular formula is C22H22N4O3. The number of benzene rings is 2. The normalized spacial score (nSPS) is 16.3. The van der Waals surface area contributed by atoms with Gasteiger partial charge in [0, 0.05) is 17.3 Å². The van der Waals surface area contributed by atoms with Crippen LogP contribution < -0.4 is 9.47 Å². The first-order valence-corrected chi connectivity index (χ1v) is 9.79. The quantitative estimate of drug-likeness (QED) is 0.641. The van der Waals surface area contributed by atoms with Gasteiger partial charge in [-0.1, -0.05) is 18.2 Å². The summed E-state index contributed by atoms with van der Waals surface area (Å²) in [6.07, 6.45) is 3.88. The molecule has 5 rings (SSSR count). The summed E-state index contributed by atoms with van der Waals surface area (Å²) in [5, 5.41) is 11.5. The van der Waals surface area contributed by atoms with Crippen LogP contribution in [-0.4, -0.2) is 60.5 Å². The van der Waals surface area contributed by atoms with E-state index in [2.05, 4.69) is 5.10 Å². The number of nitrogens with zero attached hydrogens (tertiary/aromatic N) is 4. The number of para-hydroxylation sites is 1. The minimum atomic E-state index is 0.556. The van der Waals surface area contributed by atoms with Gasteiger partial charge in [0.25, 0.3) is 0 Å². The molecule has 1 fully saturated rings. The smallest absolute Gasteiger partial charge is 0.162 e. The molecule has 7 nitrogen and oxygen atoms in total. The Hall–Kier alpha value is -3.32. The first-order valence-electron chi connectivity index (χ1n) is 9.79. The Morgan fingerprint density at radius 2 is 1.69 bits per heavy atom. The van der Waals surface area contributed by atoms with E-state index in [-0.39, 0.29) is 0 Å². The van der Waals surface area contributed by atoms with Gasteiger partial charge in [-0.2, -0.15) is 10.2 Å². The van der Waals surface area contributed by atoms with Crippen molar-refractivity contribution in [3.63, 3.8) is 0 Å². The molecule has 1 aromatic heterocycles. The van der Waals surface area contributed by atoms with Crippen LogP contribution in [0, 0.1) is 0 Å². The fourth-order valence-electron chi connectivity index (χ4n) is 3.42. The molecule has 0 spiro atoms. The van der Waals surface area contributed by atoms with E-state index in [0.717, 1.165) is 47.1 Å². The van der Waals surface area contributed by atoms with Crippen molar-refractivity contribution >= 4 is 6.21 Å². The Bertz CT molecular complexity index is 1010. The molecule has 0 amide bonds. The maximum atomic E-state index is 5.76. The van der Waals surface area contributed by atoms with Gasteiger partial charge in [0.1, 0.15) is 18.9 Å². The van der Waals surface area contributed by atoms with Crippen molar-refractivity contribution in [2.45, 2.75) is 0 Å². The van der Waals surface area contributed by atoms with Gasteiger partial charge < -0.3 is 14.2 Å². The molecule has 0 unspecified atom stereocenters. The van der Waals surface area contributed by atoms with E-state index < -0.39 is 0 Å². The summed E-state index contributed by atoms with van der Waals surface area (Å²) < 4.78 is 18.7. The maximum absolute atomic E-state index is 5.76. The van der Waals surface area contributed by atoms with Crippen molar-refractivity contribution in [1.29, 1.82) is 0 Å². The van der Waals surface area contributed by atoms with Crippen molar-refractivity contribution in [3.8, 4) is 28.4 Å². The van der Waals surface area contributed by atoms with E-state index in [1.165, 1.54) is 0 Å². The summed E-state index contributed by atoms with van der Waals surface area (Å²) in [7, 11) is 0. The van der Waals surface area contributed by atoms with Crippen LogP contribution in [0.1, 0.15) is 5.56 Å². The zero-order valence-electron chi connectivity index (χ0n) is 16.0. The van der Waals surface area contributed by atoms with Crippen LogP contribution in [0.3, 0.4) is 0 Å². The molecule has 0 saturated carbocycles. The van der Waals surface area contributed by atoms with E-state index in [1.807, 2.05) is 70.6 Å². The van der Waals surface area contributed by atoms with Gasteiger partial charge in [0.05, 0.1) is 38.2 Å². The van der Waals surface area contributed by atoms with Crippen LogP contribution in [-0.2, 0) is 4.74 Å². The number of hydrazone groups is 1. The van der Waals surface area contributed by atoms with Gasteiger partial charge >= 0.3 is 0 Å². The van der Waals surface area contributed by atoms with E-state index in [9.17, 15) is 0 Å². The third-order valence-corrected chi connectivity index (χ3v) is 4.93. The summed E-state index contributed by atoms with van der Waals surface area (Å²) in [6.45, 7) is 4.13. The second-order valence-corrected chi connectivity index (χ2v) is 6.88. The van der Waals surface area contributed by atoms with Crippen molar-refractivity contribution in [2.75, 3.05) is 39.5 Å². The molecular weight excluding hydrogens is 368 g/mol. The molecule has 7 heteroatoms. The molecule has 0 atom stereocenters. The Kier molecular flexibility index (Phi) is 4.88. The van der Waals surface area contributed by atoms with Gasteiger partial charge in [0.15, 0.2) is 11.5 Å². The van der Waals surface area contributed by atoms with Gasteiger partial charge in [-0.15, -0.1) is 0 Å². The Balaban J connectivity index is 1.53. The number of fused-ring (bicyclic) bond motifs is 1. The number of rotatable bonds is 4. The van der Waals surface area contributed by atoms with Crippen molar-refractivity contribution < 1.29 is 14.2 Å². The number of aromatic nitrogens is 2. The molecule has 0 N–H and O–H groups in total. The van der Waals surface area contributed by atoms with Crippen LogP contribution >= 0.6 is 0 Å². The molecule has 3 aromatic rings. The summed E-state index contributed by atoms with van der Waals surface area (Å²) in [4.78, 5) is 0. The molecule has 2 aliphatic rings. The predicted octanol–water partition coefficient (Wildman–Crippen LogP) is 2.98. The zero-order chi connectivity index (χ0) is 19.5. The Labute approximate surface area is 169 Å². The fourth-order valence-corrected chi connectivity index (χ4v) is 3.42. The van der Waals surface area contributed by atoms with Crippen LogP contribution in [0.4, 0.5) is 0 Å². The lowest BCUT2D eigenvalue weighted by atomic mass is 10.1. The summed E-state index contributed by atoms with van der Waals surface area (Å²) in [5.74, 6) is 1.52. The lowest BCUT2D eigenvalue weighted by Crippen LogP contribution is -2.32. The molecule has 2 aliphatic heterocycles. The molecule has 0 radical (unpaired) electrons. The first kappa shape index (κ1) is 17.8. The average Bonchev–Trinajstić information content (AvgIpc) is 3.23. The minimum absolute atomic E-state index is 0.556. The van der Waals surface area contributed by atoms with Crippen LogP contribution in [0.2, 0.25) is 0 Å². The van der Waals surface area contributed by atoms with Crippen LogP contribution in [0.15, 0.2) is 59.8 Å². The highest BCUT2D eigenvalue weighted by Crippen LogP contribution is 2.35. The minimum Gasteiger partial charge on any atom is -0.486 e. The highest BCUT2D eigenvalue weighted by atomic mass is 16.6. The van der Waals surface area contributed by atoms with Crippen molar-refractivity contribution in [3.05, 3.63) is 60.3 Å². The summed E-state index contributed by atoms with van der Waals surface area (Å²) in [5.41, 5.74) is 3.75. The fraction of sp³-hybridized carbons (Fsp3) is 0.273. The first-order chi connectivity index (χ1) is 14.4. The third-order valence-electron chi connectivity index (χ3n) is 4.93. The number of hydrogen-bond acceptors (Lipinski definition) is 6. The lowest BCUT2D eigenvalue weighted by molar-refractivity contribution is 0.0397. The Morgan fingerprint density at radius 1 is 0.897 bits per heavy atom. The highest BCUT2D eigenvalue weighted by Gasteiger charge is 2.17. The van der Waals surface area contributed by atoms with Crippen LogP contribution in [0.5, 0.6) is 11.5 Å². The molecule has 2 aromatic carbocycles. The van der Waals surface area contributed by atoms with E-state index in [0.29, 0.717) is 26.4 Å². The highest BCUT2D eigenvalue weighted by molar-refractivity contribution is 5.89. The SMILES string of the molecule is C(=NN1CCOCC1)c1cn(-c2ccccc2)nc1-c1ccc2c(c1)OCCO2. The summed E-state index contributed by atoms with van der Waals surface area (Å²) in [6, 6.07) is 16.0. The number of morpholine rings is 1. The van der Waals surface area contributed by atoms with Gasteiger partial charge in [0.2, 0.25) is 0 Å². The maximum Gasteiger partial charge on any atom is 0.162 e. The third kappa shape index (κ3) is 3.82. The number of ether oxygens (including phenoxy) is 3. The molecule has 0 aliphatic carbocycles. The molecule has 29 heavy (non-hydrogen) atoms. The van der Waals surface area contributed by atoms with Gasteiger partial charge in [-0.05, 0) is 30.3 Å². The lowest BCUT2D eigenvalue weighted by Gasteiger charge is -2.23. The predicted molar refractivity (Wildman–Crippen MR) is 110 cm³/mol. The molecule has 0 bridgehead atoms. The van der Waals surface area contributed by atoms with Crippen LogP contribution in [0.25, 0.3) is 16.9 Å². The summed E-state index contributed by atoms with van der Waals surface area (Å²) >= 11 is 0. The van der Waals surface area contributed by atoms with E-state index >= 15 is 0 Å².